The van der Waals surface area contributed by atoms with Crippen molar-refractivity contribution < 1.29 is 4.79 Å². The van der Waals surface area contributed by atoms with Crippen LogP contribution in [0.5, 0.6) is 0 Å². The summed E-state index contributed by atoms with van der Waals surface area (Å²) in [7, 11) is 0. The molecule has 1 unspecified atom stereocenters. The van der Waals surface area contributed by atoms with Gasteiger partial charge in [-0.25, -0.2) is 0 Å². The molecule has 0 radical (unpaired) electrons. The Morgan fingerprint density at radius 3 is 2.53 bits per heavy atom. The maximum Gasteiger partial charge on any atom is 0.228 e. The van der Waals surface area contributed by atoms with Gasteiger partial charge in [-0.15, -0.1) is 0 Å². The highest BCUT2D eigenvalue weighted by molar-refractivity contribution is 9.13. The summed E-state index contributed by atoms with van der Waals surface area (Å²) in [4.78, 5) is 13.7. The molecule has 1 atom stereocenters. The van der Waals surface area contributed by atoms with Gasteiger partial charge in [0.15, 0.2) is 0 Å². The van der Waals surface area contributed by atoms with Gasteiger partial charge >= 0.3 is 0 Å². The van der Waals surface area contributed by atoms with Crippen LogP contribution in [0.15, 0.2) is 27.1 Å². The average molecular weight is 398 g/mol. The molecule has 2 nitrogen and oxygen atoms in total. The molecule has 1 aromatic carbocycles. The van der Waals surface area contributed by atoms with E-state index in [4.69, 9.17) is 0 Å². The second-order valence-corrected chi connectivity index (χ2v) is 6.41. The van der Waals surface area contributed by atoms with Crippen molar-refractivity contribution in [2.75, 3.05) is 11.4 Å². The lowest BCUT2D eigenvalue weighted by Gasteiger charge is -2.16. The molecule has 2 rings (SSSR count). The SMILES string of the molecule is O=C1CC(Br)CN1c1ccc(Br)c(Br)c1. The molecule has 1 aliphatic heterocycles. The highest BCUT2D eigenvalue weighted by Crippen LogP contribution is 2.31. The maximum atomic E-state index is 11.7. The molecule has 1 aliphatic rings. The minimum absolute atomic E-state index is 0.172. The fourth-order valence-electron chi connectivity index (χ4n) is 1.57. The van der Waals surface area contributed by atoms with Crippen LogP contribution in [-0.2, 0) is 4.79 Å². The fourth-order valence-corrected chi connectivity index (χ4v) is 2.75. The third-order valence-electron chi connectivity index (χ3n) is 2.29. The lowest BCUT2D eigenvalue weighted by atomic mass is 10.3. The highest BCUT2D eigenvalue weighted by atomic mass is 79.9. The van der Waals surface area contributed by atoms with Crippen molar-refractivity contribution in [3.8, 4) is 0 Å². The van der Waals surface area contributed by atoms with Crippen LogP contribution in [0, 0.1) is 0 Å². The minimum atomic E-state index is 0.172. The van der Waals surface area contributed by atoms with Gasteiger partial charge in [0.2, 0.25) is 5.91 Å². The van der Waals surface area contributed by atoms with Crippen LogP contribution in [0.4, 0.5) is 5.69 Å². The Balaban J connectivity index is 2.30. The van der Waals surface area contributed by atoms with Gasteiger partial charge in [-0.2, -0.15) is 0 Å². The molecule has 5 heteroatoms. The van der Waals surface area contributed by atoms with E-state index in [0.29, 0.717) is 6.42 Å². The van der Waals surface area contributed by atoms with E-state index in [2.05, 4.69) is 47.8 Å². The van der Waals surface area contributed by atoms with Gasteiger partial charge in [0.25, 0.3) is 0 Å². The normalized spacial score (nSPS) is 21.1. The quantitative estimate of drug-likeness (QED) is 0.661. The third-order valence-corrected chi connectivity index (χ3v) is 4.79. The van der Waals surface area contributed by atoms with E-state index in [-0.39, 0.29) is 10.7 Å². The number of carbonyl (C=O) groups excluding carboxylic acids is 1. The van der Waals surface area contributed by atoms with Crippen LogP contribution in [0.25, 0.3) is 0 Å². The van der Waals surface area contributed by atoms with E-state index >= 15 is 0 Å². The molecule has 1 amide bonds. The third kappa shape index (κ3) is 2.45. The Morgan fingerprint density at radius 1 is 1.27 bits per heavy atom. The molecular formula is C10H8Br3NO. The molecule has 1 saturated heterocycles. The predicted octanol–water partition coefficient (Wildman–Crippen LogP) is 3.71. The molecule has 0 bridgehead atoms. The molecule has 0 aromatic heterocycles. The number of rotatable bonds is 1. The summed E-state index contributed by atoms with van der Waals surface area (Å²) >= 11 is 10.3. The summed E-state index contributed by atoms with van der Waals surface area (Å²) in [6, 6.07) is 5.83. The van der Waals surface area contributed by atoms with E-state index in [1.807, 2.05) is 18.2 Å². The Hall–Kier alpha value is 0.130. The first-order valence-corrected chi connectivity index (χ1v) is 6.97. The van der Waals surface area contributed by atoms with Gasteiger partial charge in [0.1, 0.15) is 0 Å². The van der Waals surface area contributed by atoms with Gasteiger partial charge in [-0.05, 0) is 50.1 Å². The Kier molecular flexibility index (Phi) is 3.52. The van der Waals surface area contributed by atoms with E-state index in [0.717, 1.165) is 21.2 Å². The smallest absolute Gasteiger partial charge is 0.228 e. The molecular weight excluding hydrogens is 390 g/mol. The summed E-state index contributed by atoms with van der Waals surface area (Å²) in [5, 5.41) is 0. The lowest BCUT2D eigenvalue weighted by molar-refractivity contribution is -0.117. The molecule has 1 aromatic rings. The maximum absolute atomic E-state index is 11.7. The first kappa shape index (κ1) is 11.6. The van der Waals surface area contributed by atoms with Crippen LogP contribution in [0.2, 0.25) is 0 Å². The molecule has 1 fully saturated rings. The first-order chi connectivity index (χ1) is 7.08. The molecule has 0 spiro atoms. The number of nitrogens with zero attached hydrogens (tertiary/aromatic N) is 1. The van der Waals surface area contributed by atoms with Gasteiger partial charge in [0.05, 0.1) is 0 Å². The summed E-state index contributed by atoms with van der Waals surface area (Å²) in [5.74, 6) is 0.172. The number of halogens is 3. The molecule has 0 aliphatic carbocycles. The molecule has 80 valence electrons. The highest BCUT2D eigenvalue weighted by Gasteiger charge is 2.28. The van der Waals surface area contributed by atoms with Crippen molar-refractivity contribution in [1.29, 1.82) is 0 Å². The van der Waals surface area contributed by atoms with Crippen molar-refractivity contribution in [1.82, 2.24) is 0 Å². The number of alkyl halides is 1. The standard InChI is InChI=1S/C10H8Br3NO/c11-6-3-10(15)14(5-6)7-1-2-8(12)9(13)4-7/h1-2,4,6H,3,5H2. The molecule has 1 heterocycles. The largest absolute Gasteiger partial charge is 0.311 e. The second-order valence-electron chi connectivity index (χ2n) is 3.40. The lowest BCUT2D eigenvalue weighted by Crippen LogP contribution is -2.24. The van der Waals surface area contributed by atoms with Crippen LogP contribution >= 0.6 is 47.8 Å². The van der Waals surface area contributed by atoms with Gasteiger partial charge in [-0.1, -0.05) is 15.9 Å². The van der Waals surface area contributed by atoms with Gasteiger partial charge < -0.3 is 4.90 Å². The van der Waals surface area contributed by atoms with Crippen molar-refractivity contribution >= 4 is 59.4 Å². The Labute approximate surface area is 113 Å². The minimum Gasteiger partial charge on any atom is -0.311 e. The monoisotopic (exact) mass is 395 g/mol. The van der Waals surface area contributed by atoms with E-state index in [1.165, 1.54) is 0 Å². The van der Waals surface area contributed by atoms with E-state index in [1.54, 1.807) is 4.90 Å². The number of hydrogen-bond acceptors (Lipinski definition) is 1. The molecule has 15 heavy (non-hydrogen) atoms. The number of benzene rings is 1. The van der Waals surface area contributed by atoms with E-state index in [9.17, 15) is 4.79 Å². The summed E-state index contributed by atoms with van der Waals surface area (Å²) in [6.45, 7) is 0.743. The van der Waals surface area contributed by atoms with Crippen molar-refractivity contribution in [3.05, 3.63) is 27.1 Å². The molecule has 0 saturated carbocycles. The average Bonchev–Trinajstić information content (AvgIpc) is 2.50. The second kappa shape index (κ2) is 4.55. The fraction of sp³-hybridized carbons (Fsp3) is 0.300. The van der Waals surface area contributed by atoms with Crippen molar-refractivity contribution in [2.45, 2.75) is 11.2 Å². The predicted molar refractivity (Wildman–Crippen MR) is 71.5 cm³/mol. The summed E-state index contributed by atoms with van der Waals surface area (Å²) in [6.07, 6.45) is 0.577. The van der Waals surface area contributed by atoms with Crippen molar-refractivity contribution in [2.24, 2.45) is 0 Å². The Morgan fingerprint density at radius 2 is 2.00 bits per heavy atom. The number of amides is 1. The number of hydrogen-bond donors (Lipinski definition) is 0. The zero-order valence-electron chi connectivity index (χ0n) is 7.71. The van der Waals surface area contributed by atoms with Gasteiger partial charge in [-0.3, -0.25) is 4.79 Å². The van der Waals surface area contributed by atoms with Gasteiger partial charge in [0, 0.05) is 32.4 Å². The zero-order valence-corrected chi connectivity index (χ0v) is 12.5. The topological polar surface area (TPSA) is 20.3 Å². The van der Waals surface area contributed by atoms with Crippen LogP contribution in [0.1, 0.15) is 6.42 Å². The number of anilines is 1. The van der Waals surface area contributed by atoms with Crippen molar-refractivity contribution in [3.63, 3.8) is 0 Å². The zero-order chi connectivity index (χ0) is 11.0. The molecule has 0 N–H and O–H groups in total. The number of carbonyl (C=O) groups is 1. The summed E-state index contributed by atoms with van der Waals surface area (Å²) < 4.78 is 1.96. The first-order valence-electron chi connectivity index (χ1n) is 4.47. The van der Waals surface area contributed by atoms with Crippen LogP contribution < -0.4 is 4.90 Å². The van der Waals surface area contributed by atoms with Crippen LogP contribution in [-0.4, -0.2) is 17.3 Å². The van der Waals surface area contributed by atoms with E-state index < -0.39 is 0 Å². The van der Waals surface area contributed by atoms with Crippen LogP contribution in [0.3, 0.4) is 0 Å². The summed E-state index contributed by atoms with van der Waals surface area (Å²) in [5.41, 5.74) is 0.942. The Bertz CT molecular complexity index is 408.